The number of amides is 3. The number of alkyl halides is 1. The number of thiazole rings is 1. The van der Waals surface area contributed by atoms with Crippen molar-refractivity contribution in [2.24, 2.45) is 5.41 Å². The molecule has 4 aliphatic rings. The minimum absolute atomic E-state index is 0.0120. The number of piperazine rings is 1. The van der Waals surface area contributed by atoms with Gasteiger partial charge in [0.1, 0.15) is 12.1 Å². The summed E-state index contributed by atoms with van der Waals surface area (Å²) in [6.45, 7) is 15.6. The Morgan fingerprint density at radius 1 is 0.973 bits per heavy atom. The van der Waals surface area contributed by atoms with Gasteiger partial charge in [0.15, 0.2) is 5.67 Å². The number of nitrogens with zero attached hydrogens (tertiary/aromatic N) is 7. The molecule has 0 unspecified atom stereocenters. The number of benzene rings is 3. The summed E-state index contributed by atoms with van der Waals surface area (Å²) in [5.41, 5.74) is 5.03. The minimum atomic E-state index is -1.99. The molecule has 5 heterocycles. The second kappa shape index (κ2) is 20.1. The van der Waals surface area contributed by atoms with Gasteiger partial charge in [-0.3, -0.25) is 28.5 Å². The molecule has 6 aromatic rings. The number of ether oxygens (including phenoxy) is 1. The number of aryl methyl sites for hydroxylation is 1. The van der Waals surface area contributed by atoms with Crippen LogP contribution in [0.5, 0.6) is 0 Å². The number of likely N-dealkylation sites (tertiary alicyclic amines) is 1. The summed E-state index contributed by atoms with van der Waals surface area (Å²) in [5.74, 6) is -1.10. The lowest BCUT2D eigenvalue weighted by Crippen LogP contribution is -2.59. The zero-order valence-corrected chi connectivity index (χ0v) is 45.0. The van der Waals surface area contributed by atoms with Gasteiger partial charge in [0.25, 0.3) is 11.5 Å². The highest BCUT2D eigenvalue weighted by Crippen LogP contribution is 2.41. The summed E-state index contributed by atoms with van der Waals surface area (Å²) < 4.78 is 26.9. The van der Waals surface area contributed by atoms with Crippen LogP contribution in [0.2, 0.25) is 0 Å². The summed E-state index contributed by atoms with van der Waals surface area (Å²) in [4.78, 5) is 71.8. The molecule has 2 aliphatic heterocycles. The largest absolute Gasteiger partial charge is 0.391 e. The van der Waals surface area contributed by atoms with Crippen LogP contribution in [-0.2, 0) is 19.1 Å². The number of anilines is 1. The highest BCUT2D eigenvalue weighted by atomic mass is 79.9. The maximum absolute atomic E-state index is 15.0. The number of carbonyl (C=O) groups is 3. The molecule has 10 rings (SSSR count). The number of fused-ring (bicyclic) bond motifs is 5. The van der Waals surface area contributed by atoms with E-state index in [1.165, 1.54) is 4.90 Å². The number of nitrogens with one attached hydrogen (secondary N) is 2. The molecule has 2 saturated heterocycles. The fourth-order valence-electron chi connectivity index (χ4n) is 11.2. The van der Waals surface area contributed by atoms with Gasteiger partial charge < -0.3 is 34.8 Å². The first kappa shape index (κ1) is 51.2. The van der Waals surface area contributed by atoms with Crippen molar-refractivity contribution in [3.8, 4) is 10.4 Å². The zero-order chi connectivity index (χ0) is 51.6. The normalized spacial score (nSPS) is 20.6. The molecule has 4 atom stereocenters. The molecule has 3 aromatic heterocycles. The maximum atomic E-state index is 15.0. The maximum Gasteiger partial charge on any atom is 0.283 e. The van der Waals surface area contributed by atoms with Crippen LogP contribution in [0.15, 0.2) is 75.4 Å². The van der Waals surface area contributed by atoms with Gasteiger partial charge in [0, 0.05) is 61.9 Å². The quantitative estimate of drug-likeness (QED) is 0.0859. The highest BCUT2D eigenvalue weighted by Gasteiger charge is 2.54. The van der Waals surface area contributed by atoms with E-state index in [0.29, 0.717) is 24.1 Å². The Bertz CT molecular complexity index is 3120. The van der Waals surface area contributed by atoms with E-state index >= 15 is 0 Å². The molecule has 2 saturated carbocycles. The first-order valence-electron chi connectivity index (χ1n) is 25.9. The molecule has 0 spiro atoms. The molecule has 2 aliphatic carbocycles. The second-order valence-corrected chi connectivity index (χ2v) is 23.8. The Hall–Kier alpha value is -5.27. The van der Waals surface area contributed by atoms with Crippen molar-refractivity contribution in [1.82, 2.24) is 39.4 Å². The van der Waals surface area contributed by atoms with E-state index in [9.17, 15) is 28.7 Å². The van der Waals surface area contributed by atoms with Crippen molar-refractivity contribution in [3.05, 3.63) is 92.3 Å². The van der Waals surface area contributed by atoms with Gasteiger partial charge in [-0.1, -0.05) is 63.9 Å². The molecule has 4 fully saturated rings. The molecule has 3 N–H and O–H groups in total. The average molecular weight is 1080 g/mol. The van der Waals surface area contributed by atoms with E-state index < -0.39 is 58.6 Å². The van der Waals surface area contributed by atoms with Gasteiger partial charge in [0.2, 0.25) is 17.6 Å². The van der Waals surface area contributed by atoms with E-state index in [1.807, 2.05) is 75.7 Å². The van der Waals surface area contributed by atoms with Crippen molar-refractivity contribution in [1.29, 1.82) is 0 Å². The number of β-amino-alcohol motifs (C(OH)–C–C–N with tert-alkyl or cyclic N) is 1. The molecule has 73 heavy (non-hydrogen) atoms. The van der Waals surface area contributed by atoms with Gasteiger partial charge in [-0.15, -0.1) is 11.3 Å². The standard InChI is InChI=1S/C55H67BrFN9O6S/c1-7-53(3,4)47(60-51(71)55(57)21-22-55)50(70)64-29-38(67)28-44(64)48(68)59-40(34-15-17-35(18-16-34)46-33(2)58-32-73-46)30-72-54(5,6)31-62-23-25-63(26-24-62)37-19-20-41-43(27-37)65(36-11-8-9-12-36)52-61-49(69)45-39(56)13-10-14-42(45)66(41)52/h10,13-20,27,32,36,38,40,44,47,67H,7-9,11-12,21-26,28-31H2,1-6H3,(H,59,68)(H,60,71)/t38-,40+,44+,47-/m1/s1. The van der Waals surface area contributed by atoms with Crippen molar-refractivity contribution in [3.63, 3.8) is 0 Å². The van der Waals surface area contributed by atoms with Gasteiger partial charge in [0.05, 0.1) is 62.4 Å². The van der Waals surface area contributed by atoms with Gasteiger partial charge in [-0.2, -0.15) is 4.98 Å². The second-order valence-electron chi connectivity index (χ2n) is 22.1. The SMILES string of the molecule is CCC(C)(C)[C@H](NC(=O)C1(F)CC1)C(=O)N1C[C@H](O)C[C@H]1C(=O)N[C@@H](COC(C)(C)CN1CCN(c2ccc3c(c2)n(C2CCCC2)c2nc(=O)c4c(Br)cccc4n32)CC1)c1ccc(-c2scnc2C)cc1. The van der Waals surface area contributed by atoms with E-state index in [-0.39, 0.29) is 44.0 Å². The fourth-order valence-corrected chi connectivity index (χ4v) is 12.5. The van der Waals surface area contributed by atoms with Crippen LogP contribution in [0, 0.1) is 12.3 Å². The van der Waals surface area contributed by atoms with E-state index in [1.54, 1.807) is 11.3 Å². The minimum Gasteiger partial charge on any atom is -0.391 e. The van der Waals surface area contributed by atoms with Crippen molar-refractivity contribution in [2.45, 2.75) is 134 Å². The Kier molecular flexibility index (Phi) is 14.1. The molecule has 0 bridgehead atoms. The van der Waals surface area contributed by atoms with E-state index in [4.69, 9.17) is 9.72 Å². The smallest absolute Gasteiger partial charge is 0.283 e. The number of carbonyl (C=O) groups excluding carboxylic acids is 3. The van der Waals surface area contributed by atoms with Crippen LogP contribution in [0.1, 0.15) is 109 Å². The van der Waals surface area contributed by atoms with Gasteiger partial charge >= 0.3 is 0 Å². The summed E-state index contributed by atoms with van der Waals surface area (Å²) in [6, 6.07) is 18.0. The van der Waals surface area contributed by atoms with Gasteiger partial charge in [-0.25, -0.2) is 9.37 Å². The summed E-state index contributed by atoms with van der Waals surface area (Å²) in [5, 5.41) is 17.4. The predicted octanol–water partition coefficient (Wildman–Crippen LogP) is 8.27. The third-order valence-corrected chi connectivity index (χ3v) is 17.6. The summed E-state index contributed by atoms with van der Waals surface area (Å²) in [6.07, 6.45) is 4.16. The number of hydrogen-bond donors (Lipinski definition) is 3. The number of rotatable bonds is 16. The van der Waals surface area contributed by atoms with Gasteiger partial charge in [-0.05, 0) is 116 Å². The van der Waals surface area contributed by atoms with Crippen molar-refractivity contribution < 1.29 is 28.6 Å². The van der Waals surface area contributed by atoms with E-state index in [0.717, 1.165) is 100 Å². The number of aromatic nitrogens is 4. The van der Waals surface area contributed by atoms with Crippen molar-refractivity contribution in [2.75, 3.05) is 50.8 Å². The number of halogens is 2. The van der Waals surface area contributed by atoms with Crippen LogP contribution in [-0.4, -0.2) is 127 Å². The monoisotopic (exact) mass is 1080 g/mol. The lowest BCUT2D eigenvalue weighted by Gasteiger charge is -2.40. The van der Waals surface area contributed by atoms with Crippen LogP contribution in [0.4, 0.5) is 10.1 Å². The Balaban J connectivity index is 0.843. The van der Waals surface area contributed by atoms with Crippen LogP contribution in [0.3, 0.4) is 0 Å². The molecule has 15 nitrogen and oxygen atoms in total. The molecule has 388 valence electrons. The first-order chi connectivity index (χ1) is 34.8. The summed E-state index contributed by atoms with van der Waals surface area (Å²) >= 11 is 5.17. The Morgan fingerprint density at radius 3 is 2.37 bits per heavy atom. The van der Waals surface area contributed by atoms with Crippen LogP contribution < -0.4 is 21.1 Å². The van der Waals surface area contributed by atoms with Crippen molar-refractivity contribution >= 4 is 78.4 Å². The molecule has 3 amide bonds. The Morgan fingerprint density at radius 2 is 1.70 bits per heavy atom. The average Bonchev–Trinajstić information content (AvgIpc) is 3.82. The number of aliphatic hydroxyl groups excluding tert-OH is 1. The molecule has 0 radical (unpaired) electrons. The lowest BCUT2D eigenvalue weighted by atomic mass is 9.80. The fraction of sp³-hybridized carbons (Fsp3) is 0.527. The molecular weight excluding hydrogens is 1010 g/mol. The third kappa shape index (κ3) is 10.2. The zero-order valence-electron chi connectivity index (χ0n) is 42.6. The third-order valence-electron chi connectivity index (χ3n) is 16.0. The van der Waals surface area contributed by atoms with Crippen LogP contribution >= 0.6 is 27.3 Å². The first-order valence-corrected chi connectivity index (χ1v) is 27.6. The van der Waals surface area contributed by atoms with Crippen LogP contribution in [0.25, 0.3) is 38.2 Å². The number of hydrogen-bond acceptors (Lipinski definition) is 11. The highest BCUT2D eigenvalue weighted by molar-refractivity contribution is 9.10. The lowest BCUT2D eigenvalue weighted by molar-refractivity contribution is -0.145. The molecular formula is C55H67BrFN9O6S. The number of imidazole rings is 1. The topological polar surface area (TPSA) is 167 Å². The predicted molar refractivity (Wildman–Crippen MR) is 287 cm³/mol. The molecule has 18 heteroatoms. The summed E-state index contributed by atoms with van der Waals surface area (Å²) in [7, 11) is 0. The molecule has 3 aromatic carbocycles. The Labute approximate surface area is 437 Å². The van der Waals surface area contributed by atoms with E-state index in [2.05, 4.69) is 82.4 Å². The number of aliphatic hydroxyl groups is 1.